The molecule has 0 aliphatic carbocycles. The number of ether oxygens (including phenoxy) is 2. The third kappa shape index (κ3) is 6.35. The van der Waals surface area contributed by atoms with E-state index >= 15 is 0 Å². The fourth-order valence-corrected chi connectivity index (χ4v) is 3.33. The quantitative estimate of drug-likeness (QED) is 0.336. The van der Waals surface area contributed by atoms with Gasteiger partial charge in [-0.15, -0.1) is 0 Å². The van der Waals surface area contributed by atoms with Gasteiger partial charge in [0.1, 0.15) is 22.9 Å². The maximum absolute atomic E-state index is 12.3. The molecule has 0 bridgehead atoms. The van der Waals surface area contributed by atoms with Crippen molar-refractivity contribution in [2.45, 2.75) is 45.6 Å². The molecule has 0 spiro atoms. The van der Waals surface area contributed by atoms with Crippen LogP contribution in [-0.2, 0) is 20.8 Å². The van der Waals surface area contributed by atoms with Crippen LogP contribution in [0, 0.1) is 0 Å². The summed E-state index contributed by atoms with van der Waals surface area (Å²) in [6.45, 7) is 10.7. The Bertz CT molecular complexity index is 747. The van der Waals surface area contributed by atoms with Crippen LogP contribution in [0.5, 0.6) is 0 Å². The minimum Gasteiger partial charge on any atom is -0.586 e. The zero-order valence-corrected chi connectivity index (χ0v) is 18.0. The maximum Gasteiger partial charge on any atom is 0.217 e. The number of unbranched alkanes of at least 4 members (excludes halogenated alkanes) is 1. The van der Waals surface area contributed by atoms with Gasteiger partial charge in [-0.05, 0) is 57.9 Å². The standard InChI is InChI=1S/C20H27ClN2O3S/c1-14(2)27(24)23-18(8-6-7-11-25-5)17-12-15(21)9-10-16(17)19-22-20(3,4)13-26-19/h9-10,12H,1,6-8,11,13H2,2-5H3. The number of rotatable bonds is 9. The smallest absolute Gasteiger partial charge is 0.217 e. The molecule has 148 valence electrons. The molecule has 0 aromatic heterocycles. The Morgan fingerprint density at radius 3 is 2.78 bits per heavy atom. The van der Waals surface area contributed by atoms with E-state index in [-0.39, 0.29) is 5.54 Å². The lowest BCUT2D eigenvalue weighted by Crippen LogP contribution is -2.17. The average Bonchev–Trinajstić information content (AvgIpc) is 2.97. The molecule has 27 heavy (non-hydrogen) atoms. The van der Waals surface area contributed by atoms with Crippen LogP contribution in [0.15, 0.2) is 39.1 Å². The topological polar surface area (TPSA) is 66.2 Å². The van der Waals surface area contributed by atoms with E-state index in [4.69, 9.17) is 21.1 Å². The van der Waals surface area contributed by atoms with Gasteiger partial charge in [0, 0.05) is 36.8 Å². The van der Waals surface area contributed by atoms with Gasteiger partial charge in [-0.1, -0.05) is 16.0 Å². The van der Waals surface area contributed by atoms with Crippen molar-refractivity contribution in [2.24, 2.45) is 9.39 Å². The Hall–Kier alpha value is -1.34. The van der Waals surface area contributed by atoms with E-state index in [1.54, 1.807) is 20.1 Å². The van der Waals surface area contributed by atoms with Crippen molar-refractivity contribution in [2.75, 3.05) is 20.3 Å². The molecular weight excluding hydrogens is 384 g/mol. The highest BCUT2D eigenvalue weighted by atomic mass is 35.5. The summed E-state index contributed by atoms with van der Waals surface area (Å²) in [4.78, 5) is 5.17. The Kier molecular flexibility index (Phi) is 7.91. The van der Waals surface area contributed by atoms with E-state index in [2.05, 4.69) is 16.0 Å². The summed E-state index contributed by atoms with van der Waals surface area (Å²) < 4.78 is 27.7. The molecular formula is C20H27ClN2O3S. The van der Waals surface area contributed by atoms with Gasteiger partial charge in [-0.2, -0.15) is 0 Å². The number of benzene rings is 1. The molecule has 1 aromatic rings. The number of nitrogens with zero attached hydrogens (tertiary/aromatic N) is 2. The second-order valence-electron chi connectivity index (χ2n) is 7.15. The van der Waals surface area contributed by atoms with Crippen molar-refractivity contribution < 1.29 is 14.0 Å². The molecule has 2 rings (SSSR count). The zero-order valence-electron chi connectivity index (χ0n) is 16.4. The molecule has 5 nitrogen and oxygen atoms in total. The van der Waals surface area contributed by atoms with Crippen LogP contribution in [0.2, 0.25) is 5.02 Å². The van der Waals surface area contributed by atoms with Gasteiger partial charge in [0.15, 0.2) is 0 Å². The van der Waals surface area contributed by atoms with Crippen LogP contribution >= 0.6 is 11.6 Å². The lowest BCUT2D eigenvalue weighted by atomic mass is 9.99. The first-order valence-corrected chi connectivity index (χ1v) is 10.4. The third-order valence-electron chi connectivity index (χ3n) is 3.99. The highest BCUT2D eigenvalue weighted by Crippen LogP contribution is 2.26. The second-order valence-corrected chi connectivity index (χ2v) is 8.96. The molecule has 1 atom stereocenters. The molecule has 0 radical (unpaired) electrons. The summed E-state index contributed by atoms with van der Waals surface area (Å²) in [6, 6.07) is 5.51. The first-order valence-electron chi connectivity index (χ1n) is 8.90. The van der Waals surface area contributed by atoms with Crippen molar-refractivity contribution in [3.63, 3.8) is 0 Å². The van der Waals surface area contributed by atoms with E-state index < -0.39 is 11.4 Å². The Morgan fingerprint density at radius 2 is 2.19 bits per heavy atom. The number of hydrogen-bond donors (Lipinski definition) is 0. The Morgan fingerprint density at radius 1 is 1.44 bits per heavy atom. The Labute approximate surface area is 169 Å². The summed E-state index contributed by atoms with van der Waals surface area (Å²) in [6.07, 6.45) is 2.38. The second kappa shape index (κ2) is 9.73. The normalized spacial score (nSPS) is 17.4. The summed E-state index contributed by atoms with van der Waals surface area (Å²) in [7, 11) is 1.68. The molecule has 1 unspecified atom stereocenters. The molecule has 0 N–H and O–H groups in total. The molecule has 7 heteroatoms. The highest BCUT2D eigenvalue weighted by Gasteiger charge is 2.29. The number of allylic oxidation sites excluding steroid dienone is 1. The van der Waals surface area contributed by atoms with Crippen molar-refractivity contribution >= 4 is 34.6 Å². The molecule has 1 aliphatic rings. The van der Waals surface area contributed by atoms with Crippen molar-refractivity contribution in [3.05, 3.63) is 45.8 Å². The monoisotopic (exact) mass is 410 g/mol. The molecule has 0 amide bonds. The van der Waals surface area contributed by atoms with Gasteiger partial charge >= 0.3 is 0 Å². The fourth-order valence-electron chi connectivity index (χ4n) is 2.61. The van der Waals surface area contributed by atoms with Gasteiger partial charge in [-0.3, -0.25) is 0 Å². The first kappa shape index (κ1) is 22.0. The van der Waals surface area contributed by atoms with E-state index in [9.17, 15) is 4.55 Å². The predicted molar refractivity (Wildman–Crippen MR) is 113 cm³/mol. The van der Waals surface area contributed by atoms with E-state index in [0.29, 0.717) is 41.2 Å². The van der Waals surface area contributed by atoms with Crippen molar-refractivity contribution in [3.8, 4) is 0 Å². The molecule has 1 aromatic carbocycles. The van der Waals surface area contributed by atoms with Crippen LogP contribution in [0.1, 0.15) is 51.2 Å². The summed E-state index contributed by atoms with van der Waals surface area (Å²) >= 11 is 4.75. The van der Waals surface area contributed by atoms with Crippen molar-refractivity contribution in [1.29, 1.82) is 0 Å². The molecule has 0 saturated carbocycles. The third-order valence-corrected chi connectivity index (χ3v) is 5.21. The minimum atomic E-state index is -1.50. The largest absolute Gasteiger partial charge is 0.586 e. The van der Waals surface area contributed by atoms with Gasteiger partial charge in [0.25, 0.3) is 0 Å². The van der Waals surface area contributed by atoms with E-state index in [1.165, 1.54) is 0 Å². The Balaban J connectivity index is 2.44. The van der Waals surface area contributed by atoms with Crippen LogP contribution < -0.4 is 0 Å². The maximum atomic E-state index is 12.3. The molecule has 1 heterocycles. The zero-order chi connectivity index (χ0) is 20.0. The summed E-state index contributed by atoms with van der Waals surface area (Å²) in [5, 5.41) is 0.581. The van der Waals surface area contributed by atoms with Gasteiger partial charge < -0.3 is 14.0 Å². The lowest BCUT2D eigenvalue weighted by Gasteiger charge is -2.13. The SMILES string of the molecule is C=C(C)[S+]([O-])N=C(CCCCOC)c1cc(Cl)ccc1C1=NC(C)(C)CO1. The van der Waals surface area contributed by atoms with Crippen LogP contribution in [0.3, 0.4) is 0 Å². The summed E-state index contributed by atoms with van der Waals surface area (Å²) in [5.41, 5.74) is 2.05. The number of aliphatic imine (C=N–C) groups is 1. The van der Waals surface area contributed by atoms with E-state index in [0.717, 1.165) is 24.0 Å². The van der Waals surface area contributed by atoms with Crippen molar-refractivity contribution in [1.82, 2.24) is 0 Å². The molecule has 0 fully saturated rings. The van der Waals surface area contributed by atoms with Gasteiger partial charge in [-0.25, -0.2) is 4.99 Å². The van der Waals surface area contributed by atoms with Crippen LogP contribution in [0.4, 0.5) is 0 Å². The fraction of sp³-hybridized carbons (Fsp3) is 0.500. The lowest BCUT2D eigenvalue weighted by molar-refractivity contribution is 0.193. The van der Waals surface area contributed by atoms with Gasteiger partial charge in [0.05, 0.1) is 11.3 Å². The average molecular weight is 411 g/mol. The number of methoxy groups -OCH3 is 1. The minimum absolute atomic E-state index is 0.275. The number of hydrogen-bond acceptors (Lipinski definition) is 5. The molecule has 1 aliphatic heterocycles. The highest BCUT2D eigenvalue weighted by molar-refractivity contribution is 7.94. The number of halogens is 1. The van der Waals surface area contributed by atoms with Crippen LogP contribution in [0.25, 0.3) is 0 Å². The summed E-state index contributed by atoms with van der Waals surface area (Å²) in [5.74, 6) is 0.567. The predicted octanol–water partition coefficient (Wildman–Crippen LogP) is 4.70. The first-order chi connectivity index (χ1) is 12.7. The molecule has 0 saturated heterocycles. The van der Waals surface area contributed by atoms with Crippen LogP contribution in [-0.4, -0.2) is 42.0 Å². The van der Waals surface area contributed by atoms with Gasteiger partial charge in [0.2, 0.25) is 5.90 Å². The van der Waals surface area contributed by atoms with E-state index in [1.807, 2.05) is 26.0 Å².